The second kappa shape index (κ2) is 8.96. The smallest absolute Gasteiger partial charge is 0.258 e. The van der Waals surface area contributed by atoms with Crippen LogP contribution in [0.5, 0.6) is 5.75 Å². The third-order valence-corrected chi connectivity index (χ3v) is 10.2. The minimum atomic E-state index is -2.40. The Hall–Kier alpha value is -3.57. The lowest BCUT2D eigenvalue weighted by atomic mass is 9.59. The zero-order chi connectivity index (χ0) is 29.8. The van der Waals surface area contributed by atoms with Crippen LogP contribution in [0.3, 0.4) is 0 Å². The summed E-state index contributed by atoms with van der Waals surface area (Å²) >= 11 is 0. The number of hydrogen-bond acceptors (Lipinski definition) is 9. The van der Waals surface area contributed by atoms with E-state index in [1.54, 1.807) is 25.1 Å². The summed E-state index contributed by atoms with van der Waals surface area (Å²) in [7, 11) is 7.00. The van der Waals surface area contributed by atoms with E-state index in [-0.39, 0.29) is 41.5 Å². The molecule has 0 bridgehead atoms. The molecule has 2 amide bonds. The largest absolute Gasteiger partial charge is 0.509 e. The van der Waals surface area contributed by atoms with Crippen LogP contribution in [0, 0.1) is 11.8 Å². The van der Waals surface area contributed by atoms with Crippen LogP contribution in [0.15, 0.2) is 28.7 Å². The molecule has 6 rings (SSSR count). The molecule has 1 aliphatic heterocycles. The number of Topliss-reactive ketones (excluding diaryl/α,β-unsaturated/α-hetero) is 1. The number of amides is 2. The first-order valence-electron chi connectivity index (χ1n) is 14.2. The van der Waals surface area contributed by atoms with Crippen molar-refractivity contribution in [3.63, 3.8) is 0 Å². The summed E-state index contributed by atoms with van der Waals surface area (Å²) in [5, 5.41) is 46.1. The molecule has 0 aromatic heterocycles. The SMILES string of the molecule is CN(C)c1cc(C(=O)N2CCCC23CC3)c(O)c2c1C[C@H]1C[C@H]3[C@H](N(C)C)C(=O)C(C(N)=O)=C(O)[C@@]3(O)C(O)=C1C2. The summed E-state index contributed by atoms with van der Waals surface area (Å²) in [6.45, 7) is 0.647. The number of allylic oxidation sites excluding steroid dienone is 1. The molecular formula is C30H38N4O7. The molecule has 41 heavy (non-hydrogen) atoms. The minimum Gasteiger partial charge on any atom is -0.509 e. The Morgan fingerprint density at radius 3 is 2.32 bits per heavy atom. The molecule has 2 fully saturated rings. The number of nitrogens with zero attached hydrogens (tertiary/aromatic N) is 3. The van der Waals surface area contributed by atoms with Gasteiger partial charge in [-0.05, 0) is 75.7 Å². The number of carbonyl (C=O) groups is 3. The number of anilines is 1. The molecule has 1 aromatic rings. The van der Waals surface area contributed by atoms with Crippen molar-refractivity contribution in [3.8, 4) is 5.75 Å². The van der Waals surface area contributed by atoms with E-state index in [4.69, 9.17) is 5.73 Å². The first kappa shape index (κ1) is 27.6. The summed E-state index contributed by atoms with van der Waals surface area (Å²) in [6, 6.07) is 0.736. The van der Waals surface area contributed by atoms with Gasteiger partial charge in [0.05, 0.1) is 11.6 Å². The molecule has 11 heteroatoms. The molecule has 220 valence electrons. The Morgan fingerprint density at radius 2 is 1.73 bits per heavy atom. The van der Waals surface area contributed by atoms with Gasteiger partial charge >= 0.3 is 0 Å². The number of benzene rings is 1. The van der Waals surface area contributed by atoms with Crippen LogP contribution in [0.4, 0.5) is 5.69 Å². The highest BCUT2D eigenvalue weighted by molar-refractivity contribution is 6.22. The van der Waals surface area contributed by atoms with Gasteiger partial charge in [0.15, 0.2) is 11.4 Å². The topological polar surface area (TPSA) is 168 Å². The summed E-state index contributed by atoms with van der Waals surface area (Å²) in [5.74, 6) is -5.01. The second-order valence-corrected chi connectivity index (χ2v) is 12.8. The highest BCUT2D eigenvalue weighted by Crippen LogP contribution is 2.55. The van der Waals surface area contributed by atoms with Crippen molar-refractivity contribution < 1.29 is 34.8 Å². The number of primary amides is 1. The van der Waals surface area contributed by atoms with Gasteiger partial charge in [-0.15, -0.1) is 0 Å². The fourth-order valence-electron chi connectivity index (χ4n) is 8.02. The highest BCUT2D eigenvalue weighted by atomic mass is 16.4. The molecule has 6 N–H and O–H groups in total. The van der Waals surface area contributed by atoms with Crippen LogP contribution >= 0.6 is 0 Å². The number of ketones is 1. The maximum Gasteiger partial charge on any atom is 0.258 e. The van der Waals surface area contributed by atoms with E-state index in [2.05, 4.69) is 0 Å². The van der Waals surface area contributed by atoms with Gasteiger partial charge in [0.1, 0.15) is 22.8 Å². The molecule has 1 aromatic carbocycles. The van der Waals surface area contributed by atoms with Crippen molar-refractivity contribution in [2.45, 2.75) is 62.1 Å². The lowest BCUT2D eigenvalue weighted by Gasteiger charge is -2.51. The Labute approximate surface area is 238 Å². The van der Waals surface area contributed by atoms with Gasteiger partial charge in [-0.25, -0.2) is 0 Å². The Bertz CT molecular complexity index is 1460. The number of phenolic OH excluding ortho intramolecular Hbond substituents is 1. The number of carbonyl (C=O) groups excluding carboxylic acids is 3. The quantitative estimate of drug-likeness (QED) is 0.338. The summed E-state index contributed by atoms with van der Waals surface area (Å²) in [4.78, 5) is 44.6. The van der Waals surface area contributed by atoms with Crippen molar-refractivity contribution in [2.24, 2.45) is 17.6 Å². The van der Waals surface area contributed by atoms with Crippen molar-refractivity contribution in [2.75, 3.05) is 39.6 Å². The lowest BCUT2D eigenvalue weighted by molar-refractivity contribution is -0.136. The molecule has 1 saturated heterocycles. The molecule has 0 unspecified atom stereocenters. The standard InChI is InChI=1S/C30H38N4O7/c1-32(2)20-13-18(28(40)34-9-5-6-29(34)7-8-29)23(35)17-12-15-14(10-16(17)20)11-19-22(33(3)4)24(36)21(27(31)39)26(38)30(19,41)25(15)37/h13-14,19,22,35,37-38,41H,5-12H2,1-4H3,(H2,31,39)/t14-,19-,22-,30-/m0/s1. The van der Waals surface area contributed by atoms with Gasteiger partial charge in [0, 0.05) is 49.8 Å². The van der Waals surface area contributed by atoms with Crippen molar-refractivity contribution in [1.29, 1.82) is 0 Å². The van der Waals surface area contributed by atoms with Crippen LogP contribution in [0.1, 0.15) is 53.6 Å². The van der Waals surface area contributed by atoms with E-state index in [0.717, 1.165) is 36.9 Å². The third-order valence-electron chi connectivity index (χ3n) is 10.2. The molecule has 4 atom stereocenters. The molecule has 1 spiro atoms. The maximum atomic E-state index is 13.8. The van der Waals surface area contributed by atoms with E-state index in [0.29, 0.717) is 24.1 Å². The fourth-order valence-corrected chi connectivity index (χ4v) is 8.02. The first-order valence-corrected chi connectivity index (χ1v) is 14.2. The van der Waals surface area contributed by atoms with E-state index < -0.39 is 46.3 Å². The van der Waals surface area contributed by atoms with Crippen LogP contribution in [-0.2, 0) is 22.4 Å². The number of fused-ring (bicyclic) bond motifs is 3. The molecule has 11 nitrogen and oxygen atoms in total. The van der Waals surface area contributed by atoms with Gasteiger partial charge in [-0.3, -0.25) is 19.3 Å². The molecule has 0 radical (unpaired) electrons. The van der Waals surface area contributed by atoms with Gasteiger partial charge in [0.25, 0.3) is 11.8 Å². The summed E-state index contributed by atoms with van der Waals surface area (Å²) in [5.41, 5.74) is 4.91. The normalized spacial score (nSPS) is 30.0. The average molecular weight is 567 g/mol. The van der Waals surface area contributed by atoms with Crippen molar-refractivity contribution in [1.82, 2.24) is 9.80 Å². The minimum absolute atomic E-state index is 0.0273. The molecular weight excluding hydrogens is 528 g/mol. The van der Waals surface area contributed by atoms with E-state index in [9.17, 15) is 34.8 Å². The number of nitrogens with two attached hydrogens (primary N) is 1. The Kier molecular flexibility index (Phi) is 6.03. The number of likely N-dealkylation sites (N-methyl/N-ethyl adjacent to an activating group) is 1. The summed E-state index contributed by atoms with van der Waals surface area (Å²) < 4.78 is 0. The van der Waals surface area contributed by atoms with Crippen molar-refractivity contribution in [3.05, 3.63) is 45.4 Å². The monoisotopic (exact) mass is 566 g/mol. The van der Waals surface area contributed by atoms with Gasteiger partial charge < -0.3 is 36.0 Å². The van der Waals surface area contributed by atoms with Crippen LogP contribution in [0.25, 0.3) is 0 Å². The number of aliphatic hydroxyl groups excluding tert-OH is 2. The van der Waals surface area contributed by atoms with Crippen LogP contribution < -0.4 is 10.6 Å². The molecule has 1 heterocycles. The second-order valence-electron chi connectivity index (χ2n) is 12.8. The Morgan fingerprint density at radius 1 is 1.05 bits per heavy atom. The Balaban J connectivity index is 1.50. The first-order chi connectivity index (χ1) is 19.2. The molecule has 4 aliphatic carbocycles. The number of phenols is 1. The summed E-state index contributed by atoms with van der Waals surface area (Å²) in [6.07, 6.45) is 4.47. The number of hydrogen-bond donors (Lipinski definition) is 5. The van der Waals surface area contributed by atoms with E-state index >= 15 is 0 Å². The van der Waals surface area contributed by atoms with Gasteiger partial charge in [-0.1, -0.05) is 0 Å². The zero-order valence-corrected chi connectivity index (χ0v) is 23.9. The van der Waals surface area contributed by atoms with Crippen LogP contribution in [-0.4, -0.2) is 99.7 Å². The number of aliphatic hydroxyl groups is 3. The average Bonchev–Trinajstić information content (AvgIpc) is 3.55. The number of aromatic hydroxyl groups is 1. The van der Waals surface area contributed by atoms with Crippen LogP contribution in [0.2, 0.25) is 0 Å². The predicted octanol–water partition coefficient (Wildman–Crippen LogP) is 1.32. The maximum absolute atomic E-state index is 13.8. The van der Waals surface area contributed by atoms with Gasteiger partial charge in [0.2, 0.25) is 0 Å². The number of rotatable bonds is 4. The van der Waals surface area contributed by atoms with Gasteiger partial charge in [-0.2, -0.15) is 0 Å². The lowest BCUT2D eigenvalue weighted by Crippen LogP contribution is -2.62. The molecule has 1 saturated carbocycles. The third kappa shape index (κ3) is 3.67. The van der Waals surface area contributed by atoms with E-state index in [1.807, 2.05) is 23.9 Å². The predicted molar refractivity (Wildman–Crippen MR) is 150 cm³/mol. The molecule has 5 aliphatic rings. The van der Waals surface area contributed by atoms with E-state index in [1.165, 1.54) is 0 Å². The number of likely N-dealkylation sites (tertiary alicyclic amines) is 1. The zero-order valence-electron chi connectivity index (χ0n) is 23.9. The highest BCUT2D eigenvalue weighted by Gasteiger charge is 2.61. The fraction of sp³-hybridized carbons (Fsp3) is 0.567. The van der Waals surface area contributed by atoms with Crippen molar-refractivity contribution >= 4 is 23.3 Å².